The lowest BCUT2D eigenvalue weighted by Crippen LogP contribution is -2.04. The number of carbonyl (C=O) groups excluding carboxylic acids is 1. The van der Waals surface area contributed by atoms with E-state index in [1.807, 2.05) is 24.3 Å². The molecule has 0 fully saturated rings. The molecule has 2 aromatic carbocycles. The second-order valence-corrected chi connectivity index (χ2v) is 5.57. The Labute approximate surface area is 132 Å². The zero-order chi connectivity index (χ0) is 15.8. The second kappa shape index (κ2) is 8.14. The third-order valence-electron chi connectivity index (χ3n) is 3.77. The molecule has 0 saturated heterocycles. The Kier molecular flexibility index (Phi) is 5.91. The fraction of sp³-hybridized carbons (Fsp3) is 0.300. The largest absolute Gasteiger partial charge is 0.294 e. The number of carbonyl (C=O) groups is 1. The van der Waals surface area contributed by atoms with Gasteiger partial charge in [-0.2, -0.15) is 5.26 Å². The number of Topliss-reactive ketones (excluding diaryl/α,β-unsaturated/α-hetero) is 1. The van der Waals surface area contributed by atoms with Crippen molar-refractivity contribution in [2.24, 2.45) is 0 Å². The minimum atomic E-state index is 0.0928. The average molecular weight is 291 g/mol. The van der Waals surface area contributed by atoms with E-state index < -0.39 is 0 Å². The van der Waals surface area contributed by atoms with Gasteiger partial charge in [-0.25, -0.2) is 0 Å². The molecule has 0 atom stereocenters. The predicted octanol–water partition coefficient (Wildman–Crippen LogP) is 4.72. The van der Waals surface area contributed by atoms with Crippen LogP contribution in [0.1, 0.15) is 53.2 Å². The normalized spacial score (nSPS) is 10.2. The number of benzene rings is 2. The van der Waals surface area contributed by atoms with Crippen molar-refractivity contribution in [3.63, 3.8) is 0 Å². The number of aryl methyl sites for hydroxylation is 1. The van der Waals surface area contributed by atoms with Crippen molar-refractivity contribution in [2.75, 3.05) is 0 Å². The van der Waals surface area contributed by atoms with E-state index in [9.17, 15) is 4.79 Å². The number of unbranched alkanes of at least 4 members (excludes halogenated alkanes) is 2. The van der Waals surface area contributed by atoms with Crippen LogP contribution in [0.25, 0.3) is 0 Å². The lowest BCUT2D eigenvalue weighted by molar-refractivity contribution is 0.0993. The molecule has 0 amide bonds. The fourth-order valence-electron chi connectivity index (χ4n) is 2.47. The van der Waals surface area contributed by atoms with Gasteiger partial charge in [0.05, 0.1) is 11.6 Å². The van der Waals surface area contributed by atoms with Gasteiger partial charge < -0.3 is 0 Å². The Balaban J connectivity index is 1.99. The van der Waals surface area contributed by atoms with Crippen LogP contribution >= 0.6 is 0 Å². The van der Waals surface area contributed by atoms with E-state index in [4.69, 9.17) is 5.26 Å². The number of nitriles is 1. The van der Waals surface area contributed by atoms with Gasteiger partial charge >= 0.3 is 0 Å². The maximum atomic E-state index is 12.3. The number of ketones is 1. The summed E-state index contributed by atoms with van der Waals surface area (Å²) in [5.74, 6) is 0.0928. The maximum absolute atomic E-state index is 12.3. The zero-order valence-corrected chi connectivity index (χ0v) is 13.0. The highest BCUT2D eigenvalue weighted by atomic mass is 16.1. The summed E-state index contributed by atoms with van der Waals surface area (Å²) in [6.45, 7) is 2.20. The van der Waals surface area contributed by atoms with Gasteiger partial charge in [0.1, 0.15) is 0 Å². The Morgan fingerprint density at radius 1 is 1.05 bits per heavy atom. The van der Waals surface area contributed by atoms with Crippen molar-refractivity contribution >= 4 is 5.78 Å². The van der Waals surface area contributed by atoms with Gasteiger partial charge in [-0.05, 0) is 36.1 Å². The molecule has 0 radical (unpaired) electrons. The molecule has 2 heteroatoms. The van der Waals surface area contributed by atoms with Crippen LogP contribution in [0.2, 0.25) is 0 Å². The molecule has 2 rings (SSSR count). The van der Waals surface area contributed by atoms with Gasteiger partial charge in [-0.15, -0.1) is 0 Å². The topological polar surface area (TPSA) is 40.9 Å². The van der Waals surface area contributed by atoms with Crippen molar-refractivity contribution in [1.82, 2.24) is 0 Å². The van der Waals surface area contributed by atoms with Crippen LogP contribution in [0, 0.1) is 11.3 Å². The highest BCUT2D eigenvalue weighted by molar-refractivity contribution is 5.97. The number of hydrogen-bond acceptors (Lipinski definition) is 2. The van der Waals surface area contributed by atoms with Crippen LogP contribution in [0.3, 0.4) is 0 Å². The summed E-state index contributed by atoms with van der Waals surface area (Å²) in [6, 6.07) is 17.3. The summed E-state index contributed by atoms with van der Waals surface area (Å²) < 4.78 is 0. The summed E-state index contributed by atoms with van der Waals surface area (Å²) in [7, 11) is 0. The first-order valence-corrected chi connectivity index (χ1v) is 7.84. The molecular weight excluding hydrogens is 270 g/mol. The van der Waals surface area contributed by atoms with E-state index in [2.05, 4.69) is 25.1 Å². The first kappa shape index (κ1) is 16.0. The van der Waals surface area contributed by atoms with Gasteiger partial charge in [-0.3, -0.25) is 4.79 Å². The smallest absolute Gasteiger partial charge is 0.167 e. The molecule has 0 aliphatic heterocycles. The van der Waals surface area contributed by atoms with Crippen molar-refractivity contribution in [3.05, 3.63) is 70.8 Å². The minimum absolute atomic E-state index is 0.0928. The van der Waals surface area contributed by atoms with Crippen LogP contribution in [0.5, 0.6) is 0 Å². The van der Waals surface area contributed by atoms with Gasteiger partial charge in [-0.1, -0.05) is 56.2 Å². The van der Waals surface area contributed by atoms with Gasteiger partial charge in [0.25, 0.3) is 0 Å². The zero-order valence-electron chi connectivity index (χ0n) is 13.0. The first-order chi connectivity index (χ1) is 10.7. The third-order valence-corrected chi connectivity index (χ3v) is 3.77. The fourth-order valence-corrected chi connectivity index (χ4v) is 2.47. The quantitative estimate of drug-likeness (QED) is 0.547. The van der Waals surface area contributed by atoms with Crippen LogP contribution < -0.4 is 0 Å². The second-order valence-electron chi connectivity index (χ2n) is 5.57. The Morgan fingerprint density at radius 3 is 2.50 bits per heavy atom. The molecule has 0 bridgehead atoms. The van der Waals surface area contributed by atoms with Crippen LogP contribution in [-0.4, -0.2) is 5.78 Å². The van der Waals surface area contributed by atoms with Crippen LogP contribution in [-0.2, 0) is 12.8 Å². The Hall–Kier alpha value is -2.40. The number of rotatable bonds is 7. The van der Waals surface area contributed by atoms with Crippen molar-refractivity contribution in [3.8, 4) is 6.07 Å². The van der Waals surface area contributed by atoms with Crippen molar-refractivity contribution in [1.29, 1.82) is 5.26 Å². The van der Waals surface area contributed by atoms with E-state index in [0.29, 0.717) is 12.0 Å². The minimum Gasteiger partial charge on any atom is -0.294 e. The van der Waals surface area contributed by atoms with Gasteiger partial charge in [0.15, 0.2) is 5.78 Å². The first-order valence-electron chi connectivity index (χ1n) is 7.84. The van der Waals surface area contributed by atoms with Crippen molar-refractivity contribution < 1.29 is 4.79 Å². The molecule has 0 unspecified atom stereocenters. The Bertz CT molecular complexity index is 665. The summed E-state index contributed by atoms with van der Waals surface area (Å²) in [6.07, 6.45) is 5.08. The summed E-state index contributed by atoms with van der Waals surface area (Å²) in [5.41, 5.74) is 3.51. The lowest BCUT2D eigenvalue weighted by Gasteiger charge is -2.04. The summed E-state index contributed by atoms with van der Waals surface area (Å²) in [4.78, 5) is 12.3. The molecule has 0 aromatic heterocycles. The molecule has 0 saturated carbocycles. The molecule has 0 aliphatic rings. The maximum Gasteiger partial charge on any atom is 0.167 e. The Morgan fingerprint density at radius 2 is 1.82 bits per heavy atom. The average Bonchev–Trinajstić information content (AvgIpc) is 2.56. The van der Waals surface area contributed by atoms with Gasteiger partial charge in [0.2, 0.25) is 0 Å². The molecule has 0 N–H and O–H groups in total. The van der Waals surface area contributed by atoms with E-state index in [0.717, 1.165) is 17.5 Å². The lowest BCUT2D eigenvalue weighted by atomic mass is 9.99. The van der Waals surface area contributed by atoms with Crippen molar-refractivity contribution in [2.45, 2.75) is 39.0 Å². The SMILES string of the molecule is CCCCCc1ccc(C(=O)Cc2cccc(C#N)c2)cc1. The highest BCUT2D eigenvalue weighted by Gasteiger charge is 2.07. The van der Waals surface area contributed by atoms with Gasteiger partial charge in [0, 0.05) is 12.0 Å². The summed E-state index contributed by atoms with van der Waals surface area (Å²) >= 11 is 0. The molecule has 0 aliphatic carbocycles. The molecular formula is C20H21NO. The molecule has 0 heterocycles. The molecule has 2 aromatic rings. The number of nitrogens with zero attached hydrogens (tertiary/aromatic N) is 1. The molecule has 0 spiro atoms. The third kappa shape index (κ3) is 4.56. The van der Waals surface area contributed by atoms with E-state index in [-0.39, 0.29) is 5.78 Å². The monoisotopic (exact) mass is 291 g/mol. The standard InChI is InChI=1S/C20H21NO/c1-2-3-4-6-16-9-11-19(12-10-16)20(22)14-17-7-5-8-18(13-17)15-21/h5,7-13H,2-4,6,14H2,1H3. The van der Waals surface area contributed by atoms with E-state index in [1.54, 1.807) is 12.1 Å². The van der Waals surface area contributed by atoms with E-state index in [1.165, 1.54) is 24.8 Å². The summed E-state index contributed by atoms with van der Waals surface area (Å²) in [5, 5.41) is 8.90. The molecule has 112 valence electrons. The van der Waals surface area contributed by atoms with Crippen LogP contribution in [0.4, 0.5) is 0 Å². The number of hydrogen-bond donors (Lipinski definition) is 0. The predicted molar refractivity (Wildman–Crippen MR) is 88.9 cm³/mol. The highest BCUT2D eigenvalue weighted by Crippen LogP contribution is 2.12. The van der Waals surface area contributed by atoms with E-state index >= 15 is 0 Å². The molecule has 22 heavy (non-hydrogen) atoms. The molecule has 2 nitrogen and oxygen atoms in total. The van der Waals surface area contributed by atoms with Crippen LogP contribution in [0.15, 0.2) is 48.5 Å².